The van der Waals surface area contributed by atoms with Crippen LogP contribution >= 0.6 is 12.6 Å². The van der Waals surface area contributed by atoms with Crippen molar-refractivity contribution < 1.29 is 29.4 Å². The zero-order valence-corrected chi connectivity index (χ0v) is 19.0. The maximum Gasteiger partial charge on any atom is 0.327 e. The molecule has 7 N–H and O–H groups in total. The SMILES string of the molecule is CCC(C)C(NC(=O)C(CO)NC(=O)C(N)Cc1ccccc1)C(=O)NC(CS)C(=O)O. The Morgan fingerprint density at radius 2 is 1.59 bits per heavy atom. The van der Waals surface area contributed by atoms with Crippen molar-refractivity contribution >= 4 is 36.3 Å². The van der Waals surface area contributed by atoms with Crippen LogP contribution < -0.4 is 21.7 Å². The second kappa shape index (κ2) is 13.7. The third-order valence-corrected chi connectivity index (χ3v) is 5.41. The number of carboxylic acids is 1. The fourth-order valence-electron chi connectivity index (χ4n) is 2.84. The molecule has 0 aliphatic rings. The van der Waals surface area contributed by atoms with Crippen molar-refractivity contribution in [2.45, 2.75) is 50.9 Å². The molecule has 32 heavy (non-hydrogen) atoms. The first kappa shape index (κ1) is 27.4. The minimum atomic E-state index is -1.33. The number of hydrogen-bond acceptors (Lipinski definition) is 7. The monoisotopic (exact) mass is 468 g/mol. The molecule has 0 aromatic heterocycles. The van der Waals surface area contributed by atoms with Gasteiger partial charge in [-0.15, -0.1) is 0 Å². The Balaban J connectivity index is 2.81. The molecule has 0 bridgehead atoms. The Bertz CT molecular complexity index is 779. The molecule has 0 saturated heterocycles. The standard InChI is InChI=1S/C21H32N4O6S/c1-3-12(2)17(20(29)24-16(11-32)21(30)31)25-19(28)15(10-26)23-18(27)14(22)9-13-7-5-4-6-8-13/h4-8,12,14-17,26,32H,3,9-11,22H2,1-2H3,(H,23,27)(H,24,29)(H,25,28)(H,30,31). The predicted octanol–water partition coefficient (Wildman–Crippen LogP) is -0.936. The van der Waals surface area contributed by atoms with Gasteiger partial charge in [-0.1, -0.05) is 50.6 Å². The second-order valence-electron chi connectivity index (χ2n) is 7.49. The van der Waals surface area contributed by atoms with E-state index < -0.39 is 54.5 Å². The summed E-state index contributed by atoms with van der Waals surface area (Å²) in [7, 11) is 0. The number of carbonyl (C=O) groups is 4. The van der Waals surface area contributed by atoms with Crippen molar-refractivity contribution in [1.82, 2.24) is 16.0 Å². The summed E-state index contributed by atoms with van der Waals surface area (Å²) in [4.78, 5) is 48.9. The van der Waals surface area contributed by atoms with Crippen LogP contribution in [0.1, 0.15) is 25.8 Å². The van der Waals surface area contributed by atoms with Crippen molar-refractivity contribution in [3.05, 3.63) is 35.9 Å². The molecular weight excluding hydrogens is 436 g/mol. The lowest BCUT2D eigenvalue weighted by Gasteiger charge is -2.27. The molecular formula is C21H32N4O6S. The molecule has 0 saturated carbocycles. The third kappa shape index (κ3) is 8.48. The zero-order valence-electron chi connectivity index (χ0n) is 18.2. The Hall–Kier alpha value is -2.63. The first-order valence-electron chi connectivity index (χ1n) is 10.3. The Morgan fingerprint density at radius 3 is 2.09 bits per heavy atom. The fourth-order valence-corrected chi connectivity index (χ4v) is 3.08. The Morgan fingerprint density at radius 1 is 1.00 bits per heavy atom. The van der Waals surface area contributed by atoms with Crippen LogP contribution in [0.25, 0.3) is 0 Å². The molecule has 1 aromatic rings. The van der Waals surface area contributed by atoms with E-state index in [1.54, 1.807) is 13.8 Å². The van der Waals surface area contributed by atoms with Crippen LogP contribution in [0.3, 0.4) is 0 Å². The number of thiol groups is 1. The normalized spacial score (nSPS) is 15.5. The molecule has 0 spiro atoms. The van der Waals surface area contributed by atoms with Gasteiger partial charge in [0.1, 0.15) is 18.1 Å². The topological polar surface area (TPSA) is 171 Å². The summed E-state index contributed by atoms with van der Waals surface area (Å²) in [5, 5.41) is 26.0. The second-order valence-corrected chi connectivity index (χ2v) is 7.86. The number of aliphatic hydroxyl groups excluding tert-OH is 1. The maximum atomic E-state index is 12.7. The molecule has 178 valence electrons. The van der Waals surface area contributed by atoms with Crippen molar-refractivity contribution in [2.75, 3.05) is 12.4 Å². The number of carbonyl (C=O) groups excluding carboxylic acids is 3. The average Bonchev–Trinajstić information content (AvgIpc) is 2.78. The van der Waals surface area contributed by atoms with Gasteiger partial charge in [-0.3, -0.25) is 14.4 Å². The molecule has 1 aromatic carbocycles. The predicted molar refractivity (Wildman–Crippen MR) is 122 cm³/mol. The van der Waals surface area contributed by atoms with E-state index in [0.29, 0.717) is 6.42 Å². The van der Waals surface area contributed by atoms with Gasteiger partial charge in [0.05, 0.1) is 12.6 Å². The van der Waals surface area contributed by atoms with Gasteiger partial charge in [0.15, 0.2) is 0 Å². The molecule has 0 aliphatic heterocycles. The zero-order chi connectivity index (χ0) is 24.3. The number of nitrogens with two attached hydrogens (primary N) is 1. The number of benzene rings is 1. The average molecular weight is 469 g/mol. The third-order valence-electron chi connectivity index (χ3n) is 5.04. The summed E-state index contributed by atoms with van der Waals surface area (Å²) in [6.45, 7) is 2.81. The van der Waals surface area contributed by atoms with Gasteiger partial charge in [0, 0.05) is 5.75 Å². The molecule has 0 aliphatic carbocycles. The number of rotatable bonds is 13. The number of aliphatic carboxylic acids is 1. The van der Waals surface area contributed by atoms with E-state index in [1.807, 2.05) is 30.3 Å². The van der Waals surface area contributed by atoms with Gasteiger partial charge < -0.3 is 31.9 Å². The van der Waals surface area contributed by atoms with Crippen LogP contribution in [0.2, 0.25) is 0 Å². The molecule has 11 heteroatoms. The lowest BCUT2D eigenvalue weighted by atomic mass is 9.97. The summed E-state index contributed by atoms with van der Waals surface area (Å²) < 4.78 is 0. The van der Waals surface area contributed by atoms with Gasteiger partial charge in [0.2, 0.25) is 17.7 Å². The highest BCUT2D eigenvalue weighted by Crippen LogP contribution is 2.09. The van der Waals surface area contributed by atoms with Crippen molar-refractivity contribution in [3.8, 4) is 0 Å². The van der Waals surface area contributed by atoms with E-state index in [9.17, 15) is 24.3 Å². The molecule has 3 amide bonds. The molecule has 0 heterocycles. The van der Waals surface area contributed by atoms with Crippen LogP contribution in [-0.4, -0.2) is 70.4 Å². The summed E-state index contributed by atoms with van der Waals surface area (Å²) in [6, 6.07) is 4.52. The first-order chi connectivity index (χ1) is 15.1. The van der Waals surface area contributed by atoms with Crippen molar-refractivity contribution in [1.29, 1.82) is 0 Å². The largest absolute Gasteiger partial charge is 0.480 e. The molecule has 10 nitrogen and oxygen atoms in total. The van der Waals surface area contributed by atoms with Crippen LogP contribution in [0.15, 0.2) is 30.3 Å². The van der Waals surface area contributed by atoms with Crippen molar-refractivity contribution in [2.24, 2.45) is 11.7 Å². The maximum absolute atomic E-state index is 12.7. The van der Waals surface area contributed by atoms with Gasteiger partial charge >= 0.3 is 5.97 Å². The Kier molecular flexibility index (Phi) is 11.7. The minimum Gasteiger partial charge on any atom is -0.480 e. The molecule has 5 atom stereocenters. The van der Waals surface area contributed by atoms with Gasteiger partial charge in [-0.05, 0) is 17.9 Å². The van der Waals surface area contributed by atoms with Crippen LogP contribution in [0.4, 0.5) is 0 Å². The number of amides is 3. The highest BCUT2D eigenvalue weighted by Gasteiger charge is 2.32. The lowest BCUT2D eigenvalue weighted by Crippen LogP contribution is -2.59. The van der Waals surface area contributed by atoms with E-state index in [4.69, 9.17) is 10.8 Å². The van der Waals surface area contributed by atoms with E-state index in [2.05, 4.69) is 28.6 Å². The summed E-state index contributed by atoms with van der Waals surface area (Å²) in [6.07, 6.45) is 0.750. The lowest BCUT2D eigenvalue weighted by molar-refractivity contribution is -0.142. The van der Waals surface area contributed by atoms with Gasteiger partial charge in [-0.25, -0.2) is 4.79 Å². The molecule has 0 fully saturated rings. The fraction of sp³-hybridized carbons (Fsp3) is 0.524. The number of carboxylic acid groups (broad SMARTS) is 1. The van der Waals surface area contributed by atoms with E-state index in [1.165, 1.54) is 0 Å². The number of nitrogens with one attached hydrogen (secondary N) is 3. The van der Waals surface area contributed by atoms with Crippen molar-refractivity contribution in [3.63, 3.8) is 0 Å². The van der Waals surface area contributed by atoms with E-state index in [0.717, 1.165) is 5.56 Å². The summed E-state index contributed by atoms with van der Waals surface area (Å²) >= 11 is 3.91. The Labute approximate surface area is 192 Å². The number of aliphatic hydroxyl groups is 1. The van der Waals surface area contributed by atoms with E-state index >= 15 is 0 Å². The van der Waals surface area contributed by atoms with Gasteiger partial charge in [-0.2, -0.15) is 12.6 Å². The molecule has 1 rings (SSSR count). The highest BCUT2D eigenvalue weighted by atomic mass is 32.1. The van der Waals surface area contributed by atoms with Gasteiger partial charge in [0.25, 0.3) is 0 Å². The van der Waals surface area contributed by atoms with E-state index in [-0.39, 0.29) is 18.1 Å². The highest BCUT2D eigenvalue weighted by molar-refractivity contribution is 7.80. The summed E-state index contributed by atoms with van der Waals surface area (Å²) in [5.74, 6) is -3.84. The summed E-state index contributed by atoms with van der Waals surface area (Å²) in [5.41, 5.74) is 6.76. The van der Waals surface area contributed by atoms with Crippen LogP contribution in [0.5, 0.6) is 0 Å². The first-order valence-corrected chi connectivity index (χ1v) is 10.9. The number of hydrogen-bond donors (Lipinski definition) is 7. The molecule has 0 radical (unpaired) electrons. The minimum absolute atomic E-state index is 0.128. The quantitative estimate of drug-likeness (QED) is 0.183. The van der Waals surface area contributed by atoms with Crippen LogP contribution in [-0.2, 0) is 25.6 Å². The molecule has 5 unspecified atom stereocenters. The smallest absolute Gasteiger partial charge is 0.327 e. The van der Waals surface area contributed by atoms with Crippen LogP contribution in [0, 0.1) is 5.92 Å².